The molecule has 0 spiro atoms. The van der Waals surface area contributed by atoms with E-state index in [-0.39, 0.29) is 68.7 Å². The van der Waals surface area contributed by atoms with E-state index < -0.39 is 30.1 Å². The first-order valence-electron chi connectivity index (χ1n) is 16.6. The van der Waals surface area contributed by atoms with Crippen LogP contribution in [-0.2, 0) is 28.4 Å². The quantitative estimate of drug-likeness (QED) is 0.0931. The molecule has 276 valence electrons. The Balaban J connectivity index is 1.40. The first kappa shape index (κ1) is 39.1. The van der Waals surface area contributed by atoms with Crippen LogP contribution in [0.15, 0.2) is 72.8 Å². The van der Waals surface area contributed by atoms with Crippen LogP contribution in [0.2, 0.25) is 0 Å². The molecule has 0 aliphatic carbocycles. The van der Waals surface area contributed by atoms with Crippen molar-refractivity contribution in [2.45, 2.75) is 37.8 Å². The van der Waals surface area contributed by atoms with Gasteiger partial charge in [-0.05, 0) is 55.7 Å². The van der Waals surface area contributed by atoms with E-state index >= 15 is 0 Å². The van der Waals surface area contributed by atoms with Crippen LogP contribution in [0.4, 0.5) is 0 Å². The highest BCUT2D eigenvalue weighted by molar-refractivity contribution is 5.91. The molecule has 0 radical (unpaired) electrons. The molecule has 1 heterocycles. The maximum atomic E-state index is 12.6. The number of benzene rings is 3. The molecule has 3 unspecified atom stereocenters. The molecule has 3 atom stereocenters. The summed E-state index contributed by atoms with van der Waals surface area (Å²) in [5.41, 5.74) is 0.659. The fourth-order valence-corrected chi connectivity index (χ4v) is 4.68. The topological polar surface area (TPSA) is 175 Å². The van der Waals surface area contributed by atoms with Crippen LogP contribution in [0.1, 0.15) is 50.3 Å². The van der Waals surface area contributed by atoms with Crippen molar-refractivity contribution in [2.24, 2.45) is 0 Å². The third-order valence-electron chi connectivity index (χ3n) is 7.28. The van der Waals surface area contributed by atoms with Crippen LogP contribution in [0.3, 0.4) is 0 Å². The molecule has 14 heteroatoms. The van der Waals surface area contributed by atoms with Crippen molar-refractivity contribution in [1.29, 1.82) is 0 Å². The molecule has 3 aromatic rings. The van der Waals surface area contributed by atoms with Crippen molar-refractivity contribution >= 4 is 17.9 Å². The monoisotopic (exact) mass is 712 g/mol. The maximum Gasteiger partial charge on any atom is 0.338 e. The summed E-state index contributed by atoms with van der Waals surface area (Å²) in [5.74, 6) is -1.96. The molecular weight excluding hydrogens is 668 g/mol. The molecule has 1 saturated heterocycles. The fourth-order valence-electron chi connectivity index (χ4n) is 4.68. The number of methoxy groups -OCH3 is 1. The minimum atomic E-state index is -1.26. The molecular formula is C37H44O14. The lowest BCUT2D eigenvalue weighted by Gasteiger charge is -2.22. The predicted molar refractivity (Wildman–Crippen MR) is 180 cm³/mol. The Morgan fingerprint density at radius 3 is 1.75 bits per heavy atom. The Morgan fingerprint density at radius 1 is 0.686 bits per heavy atom. The molecule has 0 amide bonds. The predicted octanol–water partition coefficient (Wildman–Crippen LogP) is 3.61. The second kappa shape index (κ2) is 21.5. The van der Waals surface area contributed by atoms with Crippen molar-refractivity contribution in [3.05, 3.63) is 89.5 Å². The molecule has 0 saturated carbocycles. The van der Waals surface area contributed by atoms with E-state index in [4.69, 9.17) is 42.6 Å². The first-order chi connectivity index (χ1) is 24.8. The fraction of sp³-hybridized carbons (Fsp3) is 0.432. The first-order valence-corrected chi connectivity index (χ1v) is 16.6. The van der Waals surface area contributed by atoms with Gasteiger partial charge in [-0.3, -0.25) is 0 Å². The standard InChI is InChI=1S/C37H44O14/c1-43-35(40)28-20-31(48-22-29(38)24-50-36(41)26-10-4-2-5-11-26)34(47-19-17-44-16-18-46-33-14-8-9-15-45-33)32(21-28)49-23-30(39)25-51-37(42)27-12-6-3-7-13-27/h2-7,10-13,20-21,29-30,33,38-39H,8-9,14-19,22-25H2,1H3. The number of rotatable bonds is 21. The summed E-state index contributed by atoms with van der Waals surface area (Å²) < 4.78 is 49.8. The summed E-state index contributed by atoms with van der Waals surface area (Å²) in [6.45, 7) is -0.0235. The van der Waals surface area contributed by atoms with Crippen LogP contribution in [0.25, 0.3) is 0 Å². The third-order valence-corrected chi connectivity index (χ3v) is 7.28. The normalized spacial score (nSPS) is 15.2. The molecule has 14 nitrogen and oxygen atoms in total. The third kappa shape index (κ3) is 13.5. The van der Waals surface area contributed by atoms with Gasteiger partial charge in [0.05, 0.1) is 43.6 Å². The number of hydrogen-bond acceptors (Lipinski definition) is 14. The lowest BCUT2D eigenvalue weighted by Crippen LogP contribution is -2.26. The second-order valence-electron chi connectivity index (χ2n) is 11.3. The van der Waals surface area contributed by atoms with Gasteiger partial charge in [0.25, 0.3) is 0 Å². The van der Waals surface area contributed by atoms with Crippen molar-refractivity contribution in [1.82, 2.24) is 0 Å². The molecule has 4 rings (SSSR count). The van der Waals surface area contributed by atoms with E-state index in [1.54, 1.807) is 60.7 Å². The van der Waals surface area contributed by atoms with Gasteiger partial charge >= 0.3 is 17.9 Å². The summed E-state index contributed by atoms with van der Waals surface area (Å²) in [6.07, 6.45) is 0.163. The Hall–Kier alpha value is -4.73. The van der Waals surface area contributed by atoms with Gasteiger partial charge in [0.2, 0.25) is 5.75 Å². The Bertz CT molecular complexity index is 1410. The number of aliphatic hydroxyl groups excluding tert-OH is 2. The van der Waals surface area contributed by atoms with Gasteiger partial charge in [-0.1, -0.05) is 36.4 Å². The SMILES string of the molecule is COC(=O)c1cc(OCC(O)COC(=O)c2ccccc2)c(OCCOCCOC2CCCCO2)c(OCC(O)COC(=O)c2ccccc2)c1. The van der Waals surface area contributed by atoms with Crippen molar-refractivity contribution in [3.8, 4) is 17.2 Å². The van der Waals surface area contributed by atoms with Crippen LogP contribution >= 0.6 is 0 Å². The summed E-state index contributed by atoms with van der Waals surface area (Å²) in [5, 5.41) is 21.1. The second-order valence-corrected chi connectivity index (χ2v) is 11.3. The van der Waals surface area contributed by atoms with Crippen LogP contribution in [0.5, 0.6) is 17.2 Å². The smallest absolute Gasteiger partial charge is 0.338 e. The van der Waals surface area contributed by atoms with Gasteiger partial charge in [0, 0.05) is 6.61 Å². The average Bonchev–Trinajstić information content (AvgIpc) is 3.17. The Morgan fingerprint density at radius 2 is 1.24 bits per heavy atom. The van der Waals surface area contributed by atoms with Crippen molar-refractivity contribution in [2.75, 3.05) is 66.6 Å². The van der Waals surface area contributed by atoms with Gasteiger partial charge in [0.15, 0.2) is 17.8 Å². The molecule has 0 bridgehead atoms. The summed E-state index contributed by atoms with van der Waals surface area (Å²) in [4.78, 5) is 37.2. The zero-order chi connectivity index (χ0) is 36.3. The number of aliphatic hydroxyl groups is 2. The van der Waals surface area contributed by atoms with Crippen LogP contribution in [-0.4, -0.2) is 113 Å². The molecule has 1 aliphatic heterocycles. The number of hydrogen-bond donors (Lipinski definition) is 2. The number of carbonyl (C=O) groups is 3. The lowest BCUT2D eigenvalue weighted by atomic mass is 10.1. The van der Waals surface area contributed by atoms with Gasteiger partial charge in [-0.15, -0.1) is 0 Å². The van der Waals surface area contributed by atoms with Crippen molar-refractivity contribution in [3.63, 3.8) is 0 Å². The maximum absolute atomic E-state index is 12.6. The van der Waals surface area contributed by atoms with Crippen LogP contribution in [0, 0.1) is 0 Å². The average molecular weight is 713 g/mol. The minimum Gasteiger partial charge on any atom is -0.487 e. The zero-order valence-corrected chi connectivity index (χ0v) is 28.4. The summed E-state index contributed by atoms with van der Waals surface area (Å²) in [7, 11) is 1.20. The number of carbonyl (C=O) groups excluding carboxylic acids is 3. The van der Waals surface area contributed by atoms with Crippen LogP contribution < -0.4 is 14.2 Å². The molecule has 51 heavy (non-hydrogen) atoms. The molecule has 3 aromatic carbocycles. The lowest BCUT2D eigenvalue weighted by molar-refractivity contribution is -0.169. The van der Waals surface area contributed by atoms with E-state index in [2.05, 4.69) is 0 Å². The van der Waals surface area contributed by atoms with E-state index in [0.717, 1.165) is 19.3 Å². The largest absolute Gasteiger partial charge is 0.487 e. The van der Waals surface area contributed by atoms with Gasteiger partial charge in [0.1, 0.15) is 45.2 Å². The van der Waals surface area contributed by atoms with E-state index in [9.17, 15) is 24.6 Å². The minimum absolute atomic E-state index is 0.0101. The molecule has 2 N–H and O–H groups in total. The summed E-state index contributed by atoms with van der Waals surface area (Å²) in [6, 6.07) is 19.3. The van der Waals surface area contributed by atoms with Gasteiger partial charge in [-0.2, -0.15) is 0 Å². The highest BCUT2D eigenvalue weighted by atomic mass is 16.7. The molecule has 0 aromatic heterocycles. The molecule has 1 fully saturated rings. The number of ether oxygens (including phenoxy) is 9. The summed E-state index contributed by atoms with van der Waals surface area (Å²) >= 11 is 0. The van der Waals surface area contributed by atoms with E-state index in [1.807, 2.05) is 0 Å². The van der Waals surface area contributed by atoms with E-state index in [0.29, 0.717) is 30.9 Å². The van der Waals surface area contributed by atoms with Crippen molar-refractivity contribution < 1.29 is 67.2 Å². The zero-order valence-electron chi connectivity index (χ0n) is 28.4. The Kier molecular flexibility index (Phi) is 16.5. The Labute approximate surface area is 296 Å². The molecule has 1 aliphatic rings. The highest BCUT2D eigenvalue weighted by Crippen LogP contribution is 2.39. The van der Waals surface area contributed by atoms with Gasteiger partial charge < -0.3 is 52.8 Å². The van der Waals surface area contributed by atoms with Gasteiger partial charge in [-0.25, -0.2) is 14.4 Å². The van der Waals surface area contributed by atoms with E-state index in [1.165, 1.54) is 19.2 Å². The number of esters is 3. The highest BCUT2D eigenvalue weighted by Gasteiger charge is 2.22.